The van der Waals surface area contributed by atoms with Crippen molar-refractivity contribution in [1.29, 1.82) is 0 Å². The summed E-state index contributed by atoms with van der Waals surface area (Å²) in [5.41, 5.74) is 2.39. The Bertz CT molecular complexity index is 667. The Labute approximate surface area is 140 Å². The van der Waals surface area contributed by atoms with Crippen LogP contribution < -0.4 is 4.74 Å². The number of hydrogen-bond donors (Lipinski definition) is 0. The van der Waals surface area contributed by atoms with E-state index in [-0.39, 0.29) is 12.0 Å². The van der Waals surface area contributed by atoms with E-state index < -0.39 is 0 Å². The van der Waals surface area contributed by atoms with Crippen molar-refractivity contribution in [3.8, 4) is 5.75 Å². The number of hydrogen-bond acceptors (Lipinski definition) is 6. The average molecular weight is 332 g/mol. The van der Waals surface area contributed by atoms with Crippen LogP contribution in [0.15, 0.2) is 40.5 Å². The molecule has 122 valence electrons. The van der Waals surface area contributed by atoms with E-state index >= 15 is 0 Å². The van der Waals surface area contributed by atoms with E-state index in [1.807, 2.05) is 31.2 Å². The van der Waals surface area contributed by atoms with Crippen molar-refractivity contribution in [2.24, 2.45) is 4.99 Å². The third kappa shape index (κ3) is 2.95. The Morgan fingerprint density at radius 3 is 2.70 bits per heavy atom. The molecule has 23 heavy (non-hydrogen) atoms. The van der Waals surface area contributed by atoms with Gasteiger partial charge in [0.1, 0.15) is 5.75 Å². The molecule has 1 aromatic rings. The first-order chi connectivity index (χ1) is 11.2. The van der Waals surface area contributed by atoms with E-state index in [9.17, 15) is 4.79 Å². The summed E-state index contributed by atoms with van der Waals surface area (Å²) in [6, 6.07) is 7.68. The first-order valence-electron chi connectivity index (χ1n) is 7.57. The summed E-state index contributed by atoms with van der Waals surface area (Å²) < 4.78 is 10.2. The zero-order chi connectivity index (χ0) is 16.4. The van der Waals surface area contributed by atoms with Crippen molar-refractivity contribution in [2.45, 2.75) is 19.4 Å². The van der Waals surface area contributed by atoms with E-state index in [2.05, 4.69) is 9.89 Å². The fourth-order valence-corrected chi connectivity index (χ4v) is 3.99. The number of allylic oxidation sites excluding steroid dienone is 1. The molecule has 2 aliphatic rings. The van der Waals surface area contributed by atoms with Crippen LogP contribution in [0.25, 0.3) is 0 Å². The maximum absolute atomic E-state index is 12.4. The molecular formula is C17H20N2O3S. The van der Waals surface area contributed by atoms with Gasteiger partial charge in [-0.3, -0.25) is 0 Å². The van der Waals surface area contributed by atoms with Gasteiger partial charge in [-0.25, -0.2) is 9.79 Å². The van der Waals surface area contributed by atoms with Crippen LogP contribution in [0.1, 0.15) is 24.9 Å². The molecular weight excluding hydrogens is 312 g/mol. The highest BCUT2D eigenvalue weighted by Crippen LogP contribution is 2.40. The van der Waals surface area contributed by atoms with Gasteiger partial charge in [0.2, 0.25) is 0 Å². The van der Waals surface area contributed by atoms with E-state index in [1.165, 1.54) is 7.11 Å². The van der Waals surface area contributed by atoms with Crippen LogP contribution in [-0.2, 0) is 9.53 Å². The van der Waals surface area contributed by atoms with Gasteiger partial charge in [-0.05, 0) is 31.0 Å². The number of fused-ring (bicyclic) bond motifs is 1. The predicted octanol–water partition coefficient (Wildman–Crippen LogP) is 2.99. The number of methoxy groups -OCH3 is 2. The molecule has 6 heteroatoms. The molecule has 2 heterocycles. The number of aliphatic imine (C=N–C) groups is 1. The van der Waals surface area contributed by atoms with Gasteiger partial charge in [-0.2, -0.15) is 0 Å². The Kier molecular flexibility index (Phi) is 4.61. The van der Waals surface area contributed by atoms with Gasteiger partial charge in [0.05, 0.1) is 31.5 Å². The number of nitrogens with zero attached hydrogens (tertiary/aromatic N) is 2. The lowest BCUT2D eigenvalue weighted by atomic mass is 9.94. The molecule has 0 aliphatic carbocycles. The molecule has 0 spiro atoms. The summed E-state index contributed by atoms with van der Waals surface area (Å²) >= 11 is 1.74. The van der Waals surface area contributed by atoms with Crippen LogP contribution in [0.3, 0.4) is 0 Å². The standard InChI is InChI=1S/C17H20N2O3S/c1-11-14(16(20)22-3)15(12-5-7-13(21-2)8-6-12)19-9-4-10-23-17(19)18-11/h5-8,15H,4,9-10H2,1-3H3/t15-/m0/s1. The van der Waals surface area contributed by atoms with Crippen molar-refractivity contribution >= 4 is 22.9 Å². The third-order valence-corrected chi connectivity index (χ3v) is 5.17. The Hall–Kier alpha value is -1.95. The van der Waals surface area contributed by atoms with Gasteiger partial charge in [-0.15, -0.1) is 0 Å². The lowest BCUT2D eigenvalue weighted by Gasteiger charge is -2.40. The highest BCUT2D eigenvalue weighted by atomic mass is 32.2. The SMILES string of the molecule is COC(=O)C1=C(C)N=C2SCCCN2[C@H]1c1ccc(OC)cc1. The summed E-state index contributed by atoms with van der Waals surface area (Å²) in [5.74, 6) is 1.54. The third-order valence-electron chi connectivity index (χ3n) is 4.10. The van der Waals surface area contributed by atoms with Gasteiger partial charge in [-0.1, -0.05) is 23.9 Å². The molecule has 1 fully saturated rings. The molecule has 1 saturated heterocycles. The van der Waals surface area contributed by atoms with Gasteiger partial charge < -0.3 is 14.4 Å². The average Bonchev–Trinajstić information content (AvgIpc) is 2.60. The monoisotopic (exact) mass is 332 g/mol. The lowest BCUT2D eigenvalue weighted by molar-refractivity contribution is -0.136. The van der Waals surface area contributed by atoms with Crippen molar-refractivity contribution in [2.75, 3.05) is 26.5 Å². The fourth-order valence-electron chi connectivity index (χ4n) is 2.97. The molecule has 0 aromatic heterocycles. The summed E-state index contributed by atoms with van der Waals surface area (Å²) in [6.45, 7) is 2.76. The normalized spacial score (nSPS) is 20.7. The number of amidine groups is 1. The predicted molar refractivity (Wildman–Crippen MR) is 91.7 cm³/mol. The number of esters is 1. The number of carbonyl (C=O) groups excluding carboxylic acids is 1. The van der Waals surface area contributed by atoms with Crippen LogP contribution in [0.5, 0.6) is 5.75 Å². The minimum atomic E-state index is -0.318. The second-order valence-corrected chi connectivity index (χ2v) is 6.52. The lowest BCUT2D eigenvalue weighted by Crippen LogP contribution is -2.42. The van der Waals surface area contributed by atoms with Crippen LogP contribution >= 0.6 is 11.8 Å². The van der Waals surface area contributed by atoms with Crippen molar-refractivity contribution in [3.63, 3.8) is 0 Å². The van der Waals surface area contributed by atoms with Gasteiger partial charge >= 0.3 is 5.97 Å². The maximum Gasteiger partial charge on any atom is 0.338 e. The zero-order valence-corrected chi connectivity index (χ0v) is 14.4. The molecule has 0 amide bonds. The first kappa shape index (κ1) is 15.9. The van der Waals surface area contributed by atoms with Crippen LogP contribution in [-0.4, -0.2) is 42.6 Å². The highest BCUT2D eigenvalue weighted by Gasteiger charge is 2.37. The number of benzene rings is 1. The molecule has 0 bridgehead atoms. The minimum absolute atomic E-state index is 0.159. The summed E-state index contributed by atoms with van der Waals surface area (Å²) in [5, 5.41) is 0.988. The summed E-state index contributed by atoms with van der Waals surface area (Å²) in [7, 11) is 3.06. The maximum atomic E-state index is 12.4. The van der Waals surface area contributed by atoms with E-state index in [0.717, 1.165) is 40.9 Å². The Morgan fingerprint density at radius 1 is 1.30 bits per heavy atom. The largest absolute Gasteiger partial charge is 0.497 e. The molecule has 1 aromatic carbocycles. The number of ether oxygens (including phenoxy) is 2. The van der Waals surface area contributed by atoms with E-state index in [0.29, 0.717) is 5.57 Å². The molecule has 0 radical (unpaired) electrons. The summed E-state index contributed by atoms with van der Waals surface area (Å²) in [6.07, 6.45) is 1.07. The molecule has 2 aliphatic heterocycles. The second-order valence-electron chi connectivity index (χ2n) is 5.46. The van der Waals surface area contributed by atoms with Crippen molar-refractivity contribution in [1.82, 2.24) is 4.90 Å². The molecule has 0 saturated carbocycles. The highest BCUT2D eigenvalue weighted by molar-refractivity contribution is 8.13. The molecule has 5 nitrogen and oxygen atoms in total. The Morgan fingerprint density at radius 2 is 2.04 bits per heavy atom. The number of thioether (sulfide) groups is 1. The van der Waals surface area contributed by atoms with E-state index in [1.54, 1.807) is 18.9 Å². The molecule has 0 unspecified atom stereocenters. The quantitative estimate of drug-likeness (QED) is 0.797. The molecule has 3 rings (SSSR count). The summed E-state index contributed by atoms with van der Waals surface area (Å²) in [4.78, 5) is 19.2. The molecule has 1 atom stereocenters. The molecule has 0 N–H and O–H groups in total. The second kappa shape index (κ2) is 6.66. The topological polar surface area (TPSA) is 51.1 Å². The zero-order valence-electron chi connectivity index (χ0n) is 13.5. The smallest absolute Gasteiger partial charge is 0.338 e. The van der Waals surface area contributed by atoms with E-state index in [4.69, 9.17) is 9.47 Å². The van der Waals surface area contributed by atoms with Crippen LogP contribution in [0.4, 0.5) is 0 Å². The van der Waals surface area contributed by atoms with Crippen molar-refractivity contribution < 1.29 is 14.3 Å². The number of rotatable bonds is 3. The van der Waals surface area contributed by atoms with Crippen molar-refractivity contribution in [3.05, 3.63) is 41.1 Å². The minimum Gasteiger partial charge on any atom is -0.497 e. The van der Waals surface area contributed by atoms with Gasteiger partial charge in [0.15, 0.2) is 5.17 Å². The van der Waals surface area contributed by atoms with Gasteiger partial charge in [0.25, 0.3) is 0 Å². The fraction of sp³-hybridized carbons (Fsp3) is 0.412. The van der Waals surface area contributed by atoms with Crippen LogP contribution in [0, 0.1) is 0 Å². The van der Waals surface area contributed by atoms with Crippen LogP contribution in [0.2, 0.25) is 0 Å². The Balaban J connectivity index is 2.08. The van der Waals surface area contributed by atoms with Gasteiger partial charge in [0, 0.05) is 12.3 Å². The number of carbonyl (C=O) groups is 1. The first-order valence-corrected chi connectivity index (χ1v) is 8.55.